The molecule has 0 fully saturated rings. The number of amides is 2. The largest absolute Gasteiger partial charge is 0.331 e. The average Bonchev–Trinajstić information content (AvgIpc) is 2.38. The fourth-order valence-electron chi connectivity index (χ4n) is 1.81. The Morgan fingerprint density at radius 3 is 2.05 bits per heavy atom. The molecule has 1 aromatic rings. The number of benzene rings is 1. The molecule has 1 aromatic carbocycles. The van der Waals surface area contributed by atoms with Gasteiger partial charge < -0.3 is 4.90 Å². The second-order valence-electron chi connectivity index (χ2n) is 4.71. The number of rotatable bonds is 6. The first-order valence-corrected chi connectivity index (χ1v) is 8.27. The fourth-order valence-corrected chi connectivity index (χ4v) is 2.78. The van der Waals surface area contributed by atoms with Crippen LogP contribution in [0.4, 0.5) is 4.79 Å². The van der Waals surface area contributed by atoms with Gasteiger partial charge in [0.15, 0.2) is 0 Å². The van der Waals surface area contributed by atoms with Crippen LogP contribution in [0.5, 0.6) is 0 Å². The zero-order valence-electron chi connectivity index (χ0n) is 12.2. The third-order valence-corrected chi connectivity index (χ3v) is 4.16. The molecule has 6 heteroatoms. The van der Waals surface area contributed by atoms with E-state index >= 15 is 0 Å². The van der Waals surface area contributed by atoms with Gasteiger partial charge in [-0.25, -0.2) is 17.9 Å². The summed E-state index contributed by atoms with van der Waals surface area (Å²) in [5.41, 5.74) is 0.967. The van der Waals surface area contributed by atoms with Crippen LogP contribution < -0.4 is 4.72 Å². The molecule has 20 heavy (non-hydrogen) atoms. The zero-order chi connectivity index (χ0) is 15.2. The van der Waals surface area contributed by atoms with Gasteiger partial charge in [0.05, 0.1) is 4.90 Å². The van der Waals surface area contributed by atoms with E-state index in [4.69, 9.17) is 0 Å². The van der Waals surface area contributed by atoms with Crippen LogP contribution in [-0.2, 0) is 10.0 Å². The molecule has 1 rings (SSSR count). The Bertz CT molecular complexity index is 532. The van der Waals surface area contributed by atoms with E-state index in [0.717, 1.165) is 18.4 Å². The Balaban J connectivity index is 2.84. The highest BCUT2D eigenvalue weighted by atomic mass is 32.2. The van der Waals surface area contributed by atoms with Gasteiger partial charge in [-0.05, 0) is 31.9 Å². The number of carbonyl (C=O) groups is 1. The van der Waals surface area contributed by atoms with Crippen molar-refractivity contribution in [2.75, 3.05) is 13.1 Å². The fraction of sp³-hybridized carbons (Fsp3) is 0.500. The molecule has 0 atom stereocenters. The van der Waals surface area contributed by atoms with Crippen molar-refractivity contribution in [1.82, 2.24) is 9.62 Å². The standard InChI is InChI=1S/C14H22N2O3S/c1-4-10-16(11-5-2)14(17)15-20(18,19)13-8-6-12(3)7-9-13/h6-9H,4-5,10-11H2,1-3H3,(H,15,17). The molecule has 0 aliphatic heterocycles. The van der Waals surface area contributed by atoms with E-state index in [2.05, 4.69) is 4.72 Å². The molecule has 0 saturated heterocycles. The number of carbonyl (C=O) groups excluding carboxylic acids is 1. The number of sulfonamides is 1. The molecule has 112 valence electrons. The van der Waals surface area contributed by atoms with Crippen LogP contribution in [0.15, 0.2) is 29.2 Å². The van der Waals surface area contributed by atoms with Crippen molar-refractivity contribution >= 4 is 16.1 Å². The highest BCUT2D eigenvalue weighted by molar-refractivity contribution is 7.90. The summed E-state index contributed by atoms with van der Waals surface area (Å²) in [6.07, 6.45) is 1.58. The summed E-state index contributed by atoms with van der Waals surface area (Å²) in [4.78, 5) is 13.6. The Kier molecular flexibility index (Phi) is 6.01. The van der Waals surface area contributed by atoms with Crippen molar-refractivity contribution in [3.05, 3.63) is 29.8 Å². The first-order valence-electron chi connectivity index (χ1n) is 6.79. The van der Waals surface area contributed by atoms with Gasteiger partial charge in [0, 0.05) is 13.1 Å². The molecular formula is C14H22N2O3S. The summed E-state index contributed by atoms with van der Waals surface area (Å²) in [6, 6.07) is 5.84. The van der Waals surface area contributed by atoms with E-state index in [1.54, 1.807) is 12.1 Å². The zero-order valence-corrected chi connectivity index (χ0v) is 13.0. The van der Waals surface area contributed by atoms with Gasteiger partial charge in [0.1, 0.15) is 0 Å². The molecule has 2 amide bonds. The van der Waals surface area contributed by atoms with Crippen molar-refractivity contribution in [3.63, 3.8) is 0 Å². The van der Waals surface area contributed by atoms with Gasteiger partial charge in [0.25, 0.3) is 10.0 Å². The Morgan fingerprint density at radius 1 is 1.10 bits per heavy atom. The second kappa shape index (κ2) is 7.28. The predicted molar refractivity (Wildman–Crippen MR) is 79.1 cm³/mol. The number of urea groups is 1. The maximum absolute atomic E-state index is 12.1. The van der Waals surface area contributed by atoms with Gasteiger partial charge in [-0.2, -0.15) is 0 Å². The highest BCUT2D eigenvalue weighted by Crippen LogP contribution is 2.10. The molecule has 5 nitrogen and oxygen atoms in total. The van der Waals surface area contributed by atoms with Gasteiger partial charge in [-0.15, -0.1) is 0 Å². The first kappa shape index (κ1) is 16.5. The highest BCUT2D eigenvalue weighted by Gasteiger charge is 2.20. The van der Waals surface area contributed by atoms with Crippen molar-refractivity contribution in [3.8, 4) is 0 Å². The summed E-state index contributed by atoms with van der Waals surface area (Å²) in [7, 11) is -3.80. The number of nitrogens with zero attached hydrogens (tertiary/aromatic N) is 1. The maximum atomic E-state index is 12.1. The normalized spacial score (nSPS) is 11.2. The molecule has 0 bridgehead atoms. The van der Waals surface area contributed by atoms with E-state index in [1.165, 1.54) is 17.0 Å². The maximum Gasteiger partial charge on any atom is 0.331 e. The van der Waals surface area contributed by atoms with Crippen LogP contribution in [0.25, 0.3) is 0 Å². The average molecular weight is 298 g/mol. The lowest BCUT2D eigenvalue weighted by Gasteiger charge is -2.21. The first-order chi connectivity index (χ1) is 9.40. The van der Waals surface area contributed by atoms with Gasteiger partial charge in [-0.3, -0.25) is 0 Å². The van der Waals surface area contributed by atoms with Crippen LogP contribution in [0.3, 0.4) is 0 Å². The topological polar surface area (TPSA) is 66.5 Å². The summed E-state index contributed by atoms with van der Waals surface area (Å²) >= 11 is 0. The summed E-state index contributed by atoms with van der Waals surface area (Å²) in [5, 5.41) is 0. The number of nitrogens with one attached hydrogen (secondary N) is 1. The third kappa shape index (κ3) is 4.52. The lowest BCUT2D eigenvalue weighted by molar-refractivity contribution is 0.203. The molecule has 0 radical (unpaired) electrons. The van der Waals surface area contributed by atoms with E-state index < -0.39 is 16.1 Å². The third-order valence-electron chi connectivity index (χ3n) is 2.83. The Morgan fingerprint density at radius 2 is 1.60 bits per heavy atom. The van der Waals surface area contributed by atoms with E-state index in [0.29, 0.717) is 13.1 Å². The smallest absolute Gasteiger partial charge is 0.324 e. The summed E-state index contributed by atoms with van der Waals surface area (Å²) in [6.45, 7) is 6.86. The minimum atomic E-state index is -3.80. The molecule has 0 spiro atoms. The van der Waals surface area contributed by atoms with Crippen molar-refractivity contribution in [1.29, 1.82) is 0 Å². The van der Waals surface area contributed by atoms with Crippen LogP contribution >= 0.6 is 0 Å². The summed E-state index contributed by atoms with van der Waals surface area (Å²) < 4.78 is 26.3. The van der Waals surface area contributed by atoms with Crippen LogP contribution in [-0.4, -0.2) is 32.4 Å². The second-order valence-corrected chi connectivity index (χ2v) is 6.39. The van der Waals surface area contributed by atoms with Crippen LogP contribution in [0.1, 0.15) is 32.3 Å². The SMILES string of the molecule is CCCN(CCC)C(=O)NS(=O)(=O)c1ccc(C)cc1. The van der Waals surface area contributed by atoms with Crippen LogP contribution in [0.2, 0.25) is 0 Å². The molecule has 1 N–H and O–H groups in total. The van der Waals surface area contributed by atoms with Gasteiger partial charge >= 0.3 is 6.03 Å². The molecule has 0 aliphatic carbocycles. The predicted octanol–water partition coefficient (Wildman–Crippen LogP) is 2.52. The Labute approximate surface area is 121 Å². The van der Waals surface area contributed by atoms with E-state index in [9.17, 15) is 13.2 Å². The number of hydrogen-bond acceptors (Lipinski definition) is 3. The quantitative estimate of drug-likeness (QED) is 0.877. The van der Waals surface area contributed by atoms with Crippen molar-refractivity contribution in [2.45, 2.75) is 38.5 Å². The lowest BCUT2D eigenvalue weighted by Crippen LogP contribution is -2.43. The van der Waals surface area contributed by atoms with Gasteiger partial charge in [-0.1, -0.05) is 31.5 Å². The minimum Gasteiger partial charge on any atom is -0.324 e. The van der Waals surface area contributed by atoms with E-state index in [1.807, 2.05) is 20.8 Å². The molecule has 0 saturated carbocycles. The summed E-state index contributed by atoms with van der Waals surface area (Å²) in [5.74, 6) is 0. The van der Waals surface area contributed by atoms with E-state index in [-0.39, 0.29) is 4.90 Å². The van der Waals surface area contributed by atoms with Crippen molar-refractivity contribution in [2.24, 2.45) is 0 Å². The number of hydrogen-bond donors (Lipinski definition) is 1. The monoisotopic (exact) mass is 298 g/mol. The van der Waals surface area contributed by atoms with Crippen LogP contribution in [0, 0.1) is 6.92 Å². The lowest BCUT2D eigenvalue weighted by atomic mass is 10.2. The number of aryl methyl sites for hydroxylation is 1. The Hall–Kier alpha value is -1.56. The molecule has 0 aromatic heterocycles. The minimum absolute atomic E-state index is 0.101. The molecule has 0 aliphatic rings. The molecule has 0 unspecified atom stereocenters. The molecule has 0 heterocycles. The molecular weight excluding hydrogens is 276 g/mol. The van der Waals surface area contributed by atoms with Crippen molar-refractivity contribution < 1.29 is 13.2 Å². The van der Waals surface area contributed by atoms with Gasteiger partial charge in [0.2, 0.25) is 0 Å².